The van der Waals surface area contributed by atoms with E-state index in [1.807, 2.05) is 4.90 Å². The van der Waals surface area contributed by atoms with E-state index in [0.29, 0.717) is 26.2 Å². The zero-order chi connectivity index (χ0) is 21.4. The third-order valence-corrected chi connectivity index (χ3v) is 6.21. The molecular weight excluding hydrogens is 420 g/mol. The number of cyclic esters (lactones) is 1. The predicted molar refractivity (Wildman–Crippen MR) is 108 cm³/mol. The summed E-state index contributed by atoms with van der Waals surface area (Å²) in [6.45, 7) is 1.89. The highest BCUT2D eigenvalue weighted by atomic mass is 32.1. The third-order valence-electron chi connectivity index (χ3n) is 5.12. The van der Waals surface area contributed by atoms with Crippen molar-refractivity contribution < 1.29 is 23.2 Å². The summed E-state index contributed by atoms with van der Waals surface area (Å²) in [5.74, 6) is -1.54. The topological polar surface area (TPSA) is 105 Å². The quantitative estimate of drug-likeness (QED) is 0.564. The normalized spacial score (nSPS) is 19.4. The Hall–Kier alpha value is -2.99. The molecule has 1 atom stereocenters. The van der Waals surface area contributed by atoms with Gasteiger partial charge in [0.25, 0.3) is 0 Å². The average molecular weight is 439 g/mol. The standard InChI is InChI=1S/C18H19F2N5O4S/c19-13-7-11(24-10-12(9-21)29-18(24)26)8-14(20)17(13)23-5-3-22(4-6-23)15-1-2-16(30-15)25(27)28/h1-2,7-8,12H,3-6,9-10,21H2. The molecule has 2 saturated heterocycles. The van der Waals surface area contributed by atoms with Crippen LogP contribution in [0.1, 0.15) is 0 Å². The number of carbonyl (C=O) groups excluding carboxylic acids is 1. The van der Waals surface area contributed by atoms with Crippen molar-refractivity contribution in [3.63, 3.8) is 0 Å². The number of anilines is 3. The number of rotatable bonds is 5. The molecule has 1 aromatic heterocycles. The maximum Gasteiger partial charge on any atom is 0.414 e. The molecular formula is C18H19F2N5O4S. The third kappa shape index (κ3) is 3.75. The van der Waals surface area contributed by atoms with Gasteiger partial charge in [0.2, 0.25) is 0 Å². The van der Waals surface area contributed by atoms with Crippen LogP contribution in [0.15, 0.2) is 24.3 Å². The van der Waals surface area contributed by atoms with Crippen LogP contribution in [0.25, 0.3) is 0 Å². The van der Waals surface area contributed by atoms with Crippen LogP contribution in [0.5, 0.6) is 0 Å². The van der Waals surface area contributed by atoms with E-state index in [1.54, 1.807) is 11.0 Å². The van der Waals surface area contributed by atoms with Gasteiger partial charge in [-0.15, -0.1) is 0 Å². The monoisotopic (exact) mass is 439 g/mol. The summed E-state index contributed by atoms with van der Waals surface area (Å²) in [6.07, 6.45) is -1.19. The fourth-order valence-corrected chi connectivity index (χ4v) is 4.47. The van der Waals surface area contributed by atoms with Crippen LogP contribution in [-0.2, 0) is 4.74 Å². The molecule has 30 heavy (non-hydrogen) atoms. The van der Waals surface area contributed by atoms with Gasteiger partial charge in [0.1, 0.15) is 11.8 Å². The zero-order valence-corrected chi connectivity index (χ0v) is 16.6. The number of halogens is 2. The Morgan fingerprint density at radius 2 is 1.80 bits per heavy atom. The summed E-state index contributed by atoms with van der Waals surface area (Å²) in [6, 6.07) is 5.36. The van der Waals surface area contributed by atoms with E-state index in [-0.39, 0.29) is 29.5 Å². The number of thiophene rings is 1. The van der Waals surface area contributed by atoms with E-state index in [9.17, 15) is 23.7 Å². The second-order valence-electron chi connectivity index (χ2n) is 6.95. The van der Waals surface area contributed by atoms with E-state index < -0.39 is 28.8 Å². The summed E-state index contributed by atoms with van der Waals surface area (Å²) in [7, 11) is 0. The molecule has 1 unspecified atom stereocenters. The van der Waals surface area contributed by atoms with Gasteiger partial charge >= 0.3 is 11.1 Å². The van der Waals surface area contributed by atoms with Crippen molar-refractivity contribution in [1.29, 1.82) is 0 Å². The van der Waals surface area contributed by atoms with Gasteiger partial charge in [-0.1, -0.05) is 0 Å². The molecule has 160 valence electrons. The fourth-order valence-electron chi connectivity index (χ4n) is 3.60. The molecule has 2 fully saturated rings. The van der Waals surface area contributed by atoms with Gasteiger partial charge in [-0.2, -0.15) is 0 Å². The Labute approximate surface area is 174 Å². The summed E-state index contributed by atoms with van der Waals surface area (Å²) in [4.78, 5) is 27.0. The minimum Gasteiger partial charge on any atom is -0.443 e. The molecule has 0 saturated carbocycles. The molecule has 4 rings (SSSR count). The van der Waals surface area contributed by atoms with E-state index in [2.05, 4.69) is 0 Å². The Morgan fingerprint density at radius 3 is 2.33 bits per heavy atom. The Kier molecular flexibility index (Phi) is 5.43. The lowest BCUT2D eigenvalue weighted by atomic mass is 10.2. The number of ether oxygens (including phenoxy) is 1. The number of piperazine rings is 1. The van der Waals surface area contributed by atoms with Gasteiger partial charge in [-0.05, 0) is 17.4 Å². The van der Waals surface area contributed by atoms with Crippen molar-refractivity contribution in [2.75, 3.05) is 54.0 Å². The van der Waals surface area contributed by atoms with Gasteiger partial charge in [-0.25, -0.2) is 13.6 Å². The minimum atomic E-state index is -0.769. The molecule has 9 nitrogen and oxygen atoms in total. The highest BCUT2D eigenvalue weighted by Gasteiger charge is 2.33. The smallest absolute Gasteiger partial charge is 0.414 e. The van der Waals surface area contributed by atoms with Crippen LogP contribution in [0.2, 0.25) is 0 Å². The van der Waals surface area contributed by atoms with Gasteiger partial charge in [-0.3, -0.25) is 15.0 Å². The Bertz CT molecular complexity index is 956. The minimum absolute atomic E-state index is 0.0532. The lowest BCUT2D eigenvalue weighted by Gasteiger charge is -2.36. The average Bonchev–Trinajstić information content (AvgIpc) is 3.35. The summed E-state index contributed by atoms with van der Waals surface area (Å²) < 4.78 is 34.6. The predicted octanol–water partition coefficient (Wildman–Crippen LogP) is 2.54. The number of amides is 1. The molecule has 0 aliphatic carbocycles. The number of hydrogen-bond donors (Lipinski definition) is 1. The lowest BCUT2D eigenvalue weighted by molar-refractivity contribution is -0.380. The maximum atomic E-state index is 14.8. The molecule has 0 bridgehead atoms. The largest absolute Gasteiger partial charge is 0.443 e. The van der Waals surface area contributed by atoms with Gasteiger partial charge in [0.05, 0.1) is 22.2 Å². The second kappa shape index (κ2) is 8.03. The second-order valence-corrected chi connectivity index (χ2v) is 7.99. The molecule has 1 amide bonds. The summed E-state index contributed by atoms with van der Waals surface area (Å²) in [5.41, 5.74) is 5.42. The van der Waals surface area contributed by atoms with Crippen LogP contribution >= 0.6 is 11.3 Å². The van der Waals surface area contributed by atoms with Gasteiger partial charge in [0, 0.05) is 50.9 Å². The van der Waals surface area contributed by atoms with E-state index in [0.717, 1.165) is 33.4 Å². The van der Waals surface area contributed by atoms with Crippen molar-refractivity contribution in [2.24, 2.45) is 5.73 Å². The first-order chi connectivity index (χ1) is 14.4. The molecule has 0 spiro atoms. The van der Waals surface area contributed by atoms with E-state index >= 15 is 0 Å². The number of nitrogens with two attached hydrogens (primary N) is 1. The molecule has 2 N–H and O–H groups in total. The highest BCUT2D eigenvalue weighted by molar-refractivity contribution is 7.19. The van der Waals surface area contributed by atoms with E-state index in [1.165, 1.54) is 6.07 Å². The first-order valence-electron chi connectivity index (χ1n) is 9.28. The number of nitro groups is 1. The van der Waals surface area contributed by atoms with Crippen molar-refractivity contribution >= 4 is 38.8 Å². The first-order valence-corrected chi connectivity index (χ1v) is 10.1. The van der Waals surface area contributed by atoms with Crippen LogP contribution < -0.4 is 20.4 Å². The molecule has 0 radical (unpaired) electrons. The van der Waals surface area contributed by atoms with E-state index in [4.69, 9.17) is 10.5 Å². The number of carbonyl (C=O) groups is 1. The molecule has 3 heterocycles. The zero-order valence-electron chi connectivity index (χ0n) is 15.8. The fraction of sp³-hybridized carbons (Fsp3) is 0.389. The number of hydrogen-bond acceptors (Lipinski definition) is 8. The van der Waals surface area contributed by atoms with Crippen molar-refractivity contribution in [3.05, 3.63) is 46.0 Å². The maximum absolute atomic E-state index is 14.8. The van der Waals surface area contributed by atoms with Crippen molar-refractivity contribution in [3.8, 4) is 0 Å². The number of nitrogens with zero attached hydrogens (tertiary/aromatic N) is 4. The van der Waals surface area contributed by atoms with Gasteiger partial charge < -0.3 is 20.3 Å². The molecule has 1 aromatic carbocycles. The van der Waals surface area contributed by atoms with Crippen molar-refractivity contribution in [1.82, 2.24) is 0 Å². The van der Waals surface area contributed by atoms with Crippen molar-refractivity contribution in [2.45, 2.75) is 6.10 Å². The summed E-state index contributed by atoms with van der Waals surface area (Å²) >= 11 is 1.07. The molecule has 12 heteroatoms. The van der Waals surface area contributed by atoms with Crippen LogP contribution in [0.3, 0.4) is 0 Å². The van der Waals surface area contributed by atoms with Crippen LogP contribution in [0.4, 0.5) is 35.0 Å². The molecule has 2 aliphatic heterocycles. The first kappa shape index (κ1) is 20.3. The lowest BCUT2D eigenvalue weighted by Crippen LogP contribution is -2.47. The SMILES string of the molecule is NCC1CN(c2cc(F)c(N3CCN(c4ccc([N+](=O)[O-])s4)CC3)c(F)c2)C(=O)O1. The molecule has 2 aliphatic rings. The highest BCUT2D eigenvalue weighted by Crippen LogP contribution is 2.34. The molecule has 2 aromatic rings. The summed E-state index contributed by atoms with van der Waals surface area (Å²) in [5, 5.41) is 11.7. The van der Waals surface area contributed by atoms with Gasteiger partial charge in [0.15, 0.2) is 11.6 Å². The van der Waals surface area contributed by atoms with Crippen LogP contribution in [0, 0.1) is 21.7 Å². The van der Waals surface area contributed by atoms with Crippen LogP contribution in [-0.4, -0.2) is 56.4 Å². The Balaban J connectivity index is 1.47. The Morgan fingerprint density at radius 1 is 1.17 bits per heavy atom. The number of benzene rings is 1.